The zero-order chi connectivity index (χ0) is 14.1. The van der Waals surface area contributed by atoms with Gasteiger partial charge in [0.15, 0.2) is 9.35 Å². The molecule has 20 heavy (non-hydrogen) atoms. The first-order valence-corrected chi connectivity index (χ1v) is 7.83. The van der Waals surface area contributed by atoms with Crippen LogP contribution in [0.5, 0.6) is 0 Å². The molecule has 0 spiro atoms. The molecule has 0 atom stereocenters. The Morgan fingerprint density at radius 3 is 2.65 bits per heavy atom. The summed E-state index contributed by atoms with van der Waals surface area (Å²) in [5, 5.41) is 16.5. The van der Waals surface area contributed by atoms with E-state index < -0.39 is 0 Å². The van der Waals surface area contributed by atoms with Gasteiger partial charge in [-0.15, -0.1) is 10.2 Å². The molecule has 0 N–H and O–H groups in total. The first-order valence-electron chi connectivity index (χ1n) is 5.79. The SMILES string of the molecule is CSc1nnc(-c2noc(Cc3c(C)noc3C)n2)s1. The van der Waals surface area contributed by atoms with E-state index in [0.29, 0.717) is 23.1 Å². The van der Waals surface area contributed by atoms with Gasteiger partial charge in [0.1, 0.15) is 5.76 Å². The third kappa shape index (κ3) is 2.46. The van der Waals surface area contributed by atoms with Crippen LogP contribution in [-0.2, 0) is 6.42 Å². The summed E-state index contributed by atoms with van der Waals surface area (Å²) >= 11 is 2.98. The Hall–Kier alpha value is -1.74. The standard InChI is InChI=1S/C11H11N5O2S2/c1-5-7(6(2)17-15-5)4-8-12-9(16-18-8)10-13-14-11(19-3)20-10/h4H2,1-3H3. The fourth-order valence-corrected chi connectivity index (χ4v) is 2.90. The molecule has 104 valence electrons. The van der Waals surface area contributed by atoms with E-state index in [1.807, 2.05) is 20.1 Å². The van der Waals surface area contributed by atoms with Crippen LogP contribution in [0.25, 0.3) is 10.8 Å². The van der Waals surface area contributed by atoms with Gasteiger partial charge in [0, 0.05) is 5.56 Å². The summed E-state index contributed by atoms with van der Waals surface area (Å²) in [6, 6.07) is 0. The van der Waals surface area contributed by atoms with Crippen molar-refractivity contribution in [1.82, 2.24) is 25.5 Å². The van der Waals surface area contributed by atoms with Crippen molar-refractivity contribution in [1.29, 1.82) is 0 Å². The van der Waals surface area contributed by atoms with Crippen molar-refractivity contribution in [3.05, 3.63) is 22.9 Å². The Morgan fingerprint density at radius 2 is 2.00 bits per heavy atom. The Bertz CT molecular complexity index is 713. The highest BCUT2D eigenvalue weighted by Gasteiger charge is 2.17. The molecule has 3 aromatic heterocycles. The minimum atomic E-state index is 0.463. The van der Waals surface area contributed by atoms with Gasteiger partial charge in [-0.25, -0.2) is 0 Å². The summed E-state index contributed by atoms with van der Waals surface area (Å²) in [7, 11) is 0. The van der Waals surface area contributed by atoms with E-state index in [1.165, 1.54) is 23.1 Å². The third-order valence-electron chi connectivity index (χ3n) is 2.75. The molecule has 0 aliphatic heterocycles. The second-order valence-corrected chi connectivity index (χ2v) is 6.10. The van der Waals surface area contributed by atoms with Crippen molar-refractivity contribution in [2.45, 2.75) is 24.6 Å². The minimum absolute atomic E-state index is 0.463. The fraction of sp³-hybridized carbons (Fsp3) is 0.364. The zero-order valence-corrected chi connectivity index (χ0v) is 12.7. The second kappa shape index (κ2) is 5.33. The largest absolute Gasteiger partial charge is 0.361 e. The number of rotatable bonds is 4. The topological polar surface area (TPSA) is 90.7 Å². The Balaban J connectivity index is 1.83. The van der Waals surface area contributed by atoms with Gasteiger partial charge >= 0.3 is 0 Å². The van der Waals surface area contributed by atoms with E-state index in [1.54, 1.807) is 0 Å². The monoisotopic (exact) mass is 309 g/mol. The maximum atomic E-state index is 5.25. The quantitative estimate of drug-likeness (QED) is 0.679. The van der Waals surface area contributed by atoms with Crippen LogP contribution in [0.3, 0.4) is 0 Å². The molecule has 3 rings (SSSR count). The van der Waals surface area contributed by atoms with E-state index in [-0.39, 0.29) is 0 Å². The summed E-state index contributed by atoms with van der Waals surface area (Å²) in [6.07, 6.45) is 2.45. The average molecular weight is 309 g/mol. The first-order chi connectivity index (χ1) is 9.67. The Morgan fingerprint density at radius 1 is 1.15 bits per heavy atom. The van der Waals surface area contributed by atoms with E-state index in [9.17, 15) is 0 Å². The summed E-state index contributed by atoms with van der Waals surface area (Å²) in [5.41, 5.74) is 1.81. The molecule has 0 amide bonds. The molecule has 0 aromatic carbocycles. The highest BCUT2D eigenvalue weighted by molar-refractivity contribution is 8.00. The summed E-state index contributed by atoms with van der Waals surface area (Å²) in [5.74, 6) is 1.74. The van der Waals surface area contributed by atoms with E-state index in [0.717, 1.165) is 21.4 Å². The lowest BCUT2D eigenvalue weighted by atomic mass is 10.1. The van der Waals surface area contributed by atoms with Gasteiger partial charge in [-0.2, -0.15) is 4.98 Å². The van der Waals surface area contributed by atoms with Crippen LogP contribution < -0.4 is 0 Å². The molecular weight excluding hydrogens is 298 g/mol. The molecule has 0 radical (unpaired) electrons. The van der Waals surface area contributed by atoms with Gasteiger partial charge in [0.2, 0.25) is 11.7 Å². The molecule has 9 heteroatoms. The fourth-order valence-electron chi connectivity index (χ4n) is 1.70. The second-order valence-electron chi connectivity index (χ2n) is 4.07. The molecule has 0 saturated heterocycles. The van der Waals surface area contributed by atoms with E-state index in [4.69, 9.17) is 9.05 Å². The van der Waals surface area contributed by atoms with Gasteiger partial charge in [0.05, 0.1) is 12.1 Å². The van der Waals surface area contributed by atoms with Crippen LogP contribution >= 0.6 is 23.1 Å². The number of nitrogens with zero attached hydrogens (tertiary/aromatic N) is 5. The Labute approximate surface area is 122 Å². The van der Waals surface area contributed by atoms with Crippen LogP contribution in [0.2, 0.25) is 0 Å². The number of aromatic nitrogens is 5. The van der Waals surface area contributed by atoms with Gasteiger partial charge < -0.3 is 9.05 Å². The number of hydrogen-bond acceptors (Lipinski definition) is 9. The van der Waals surface area contributed by atoms with Crippen molar-refractivity contribution in [3.8, 4) is 10.8 Å². The van der Waals surface area contributed by atoms with Crippen molar-refractivity contribution in [2.24, 2.45) is 0 Å². The van der Waals surface area contributed by atoms with Crippen molar-refractivity contribution >= 4 is 23.1 Å². The molecule has 0 aliphatic rings. The van der Waals surface area contributed by atoms with Crippen LogP contribution in [0.15, 0.2) is 13.4 Å². The maximum Gasteiger partial charge on any atom is 0.233 e. The first kappa shape index (κ1) is 13.3. The molecule has 3 aromatic rings. The predicted molar refractivity (Wildman–Crippen MR) is 73.8 cm³/mol. The van der Waals surface area contributed by atoms with E-state index >= 15 is 0 Å². The highest BCUT2D eigenvalue weighted by Crippen LogP contribution is 2.26. The lowest BCUT2D eigenvalue weighted by molar-refractivity contribution is 0.381. The molecule has 0 saturated carbocycles. The van der Waals surface area contributed by atoms with Crippen molar-refractivity contribution in [3.63, 3.8) is 0 Å². The molecule has 0 aliphatic carbocycles. The van der Waals surface area contributed by atoms with Crippen LogP contribution in [0.4, 0.5) is 0 Å². The molecule has 0 unspecified atom stereocenters. The van der Waals surface area contributed by atoms with E-state index in [2.05, 4.69) is 25.5 Å². The molecule has 7 nitrogen and oxygen atoms in total. The maximum absolute atomic E-state index is 5.25. The summed E-state index contributed by atoms with van der Waals surface area (Å²) in [6.45, 7) is 3.75. The summed E-state index contributed by atoms with van der Waals surface area (Å²) < 4.78 is 11.2. The number of aryl methyl sites for hydroxylation is 2. The van der Waals surface area contributed by atoms with Gasteiger partial charge in [0.25, 0.3) is 0 Å². The molecule has 0 fully saturated rings. The van der Waals surface area contributed by atoms with Gasteiger partial charge in [-0.1, -0.05) is 33.4 Å². The Kier molecular flexibility index (Phi) is 3.53. The van der Waals surface area contributed by atoms with Crippen LogP contribution in [-0.4, -0.2) is 31.8 Å². The van der Waals surface area contributed by atoms with Crippen LogP contribution in [0, 0.1) is 13.8 Å². The molecular formula is C11H11N5O2S2. The smallest absolute Gasteiger partial charge is 0.233 e. The predicted octanol–water partition coefficient (Wildman–Crippen LogP) is 2.51. The zero-order valence-electron chi connectivity index (χ0n) is 11.1. The number of thioether (sulfide) groups is 1. The lowest BCUT2D eigenvalue weighted by Gasteiger charge is -1.92. The highest BCUT2D eigenvalue weighted by atomic mass is 32.2. The van der Waals surface area contributed by atoms with Gasteiger partial charge in [-0.05, 0) is 20.1 Å². The molecule has 0 bridgehead atoms. The van der Waals surface area contributed by atoms with Crippen molar-refractivity contribution < 1.29 is 9.05 Å². The average Bonchev–Trinajstić information content (AvgIpc) is 3.14. The minimum Gasteiger partial charge on any atom is -0.361 e. The molecule has 3 heterocycles. The third-order valence-corrected chi connectivity index (χ3v) is 4.64. The summed E-state index contributed by atoms with van der Waals surface area (Å²) in [4.78, 5) is 4.34. The van der Waals surface area contributed by atoms with Crippen LogP contribution in [0.1, 0.15) is 22.9 Å². The number of hydrogen-bond donors (Lipinski definition) is 0. The van der Waals surface area contributed by atoms with Crippen molar-refractivity contribution in [2.75, 3.05) is 6.26 Å². The lowest BCUT2D eigenvalue weighted by Crippen LogP contribution is -1.91. The van der Waals surface area contributed by atoms with Gasteiger partial charge in [-0.3, -0.25) is 0 Å². The normalized spacial score (nSPS) is 11.2.